The molecule has 21 heavy (non-hydrogen) atoms. The second-order valence-electron chi connectivity index (χ2n) is 4.45. The largest absolute Gasteiger partial charge is 0.487 e. The number of hydrogen-bond acceptors (Lipinski definition) is 3. The van der Waals surface area contributed by atoms with E-state index in [-0.39, 0.29) is 0 Å². The summed E-state index contributed by atoms with van der Waals surface area (Å²) in [4.78, 5) is 10.7. The van der Waals surface area contributed by atoms with Gasteiger partial charge in [-0.3, -0.25) is 4.79 Å². The Bertz CT molecular complexity index is 666. The number of benzene rings is 2. The zero-order valence-electron chi connectivity index (χ0n) is 11.3. The predicted molar refractivity (Wildman–Crippen MR) is 84.9 cm³/mol. The molecule has 4 nitrogen and oxygen atoms in total. The van der Waals surface area contributed by atoms with Crippen molar-refractivity contribution in [3.05, 3.63) is 64.7 Å². The summed E-state index contributed by atoms with van der Waals surface area (Å²) in [6.07, 6.45) is 2.88. The zero-order chi connectivity index (χ0) is 15.2. The first kappa shape index (κ1) is 14.9. The van der Waals surface area contributed by atoms with Crippen LogP contribution in [0.3, 0.4) is 0 Å². The minimum atomic E-state index is -0.503. The molecule has 0 heterocycles. The average molecular weight is 303 g/mol. The SMILES string of the molecule is NC(=O)/C=C\c1ccc(OCc2ccc(Cl)cc2)c(N)c1. The van der Waals surface area contributed by atoms with Gasteiger partial charge in [-0.15, -0.1) is 0 Å². The lowest BCUT2D eigenvalue weighted by Crippen LogP contribution is -2.05. The van der Waals surface area contributed by atoms with Crippen LogP contribution < -0.4 is 16.2 Å². The zero-order valence-corrected chi connectivity index (χ0v) is 12.0. The molecule has 1 amide bonds. The topological polar surface area (TPSA) is 78.3 Å². The molecule has 2 aromatic rings. The Labute approximate surface area is 128 Å². The summed E-state index contributed by atoms with van der Waals surface area (Å²) in [5.74, 6) is 0.0813. The maximum Gasteiger partial charge on any atom is 0.241 e. The molecule has 0 saturated carbocycles. The first-order valence-corrected chi connectivity index (χ1v) is 6.66. The second kappa shape index (κ2) is 6.81. The van der Waals surface area contributed by atoms with E-state index < -0.39 is 5.91 Å². The minimum absolute atomic E-state index is 0.401. The molecule has 0 atom stereocenters. The van der Waals surface area contributed by atoms with Crippen LogP contribution in [-0.2, 0) is 11.4 Å². The molecule has 2 rings (SSSR count). The number of halogens is 1. The molecule has 0 aromatic heterocycles. The molecule has 108 valence electrons. The van der Waals surface area contributed by atoms with Crippen molar-refractivity contribution in [2.45, 2.75) is 6.61 Å². The van der Waals surface area contributed by atoms with E-state index in [4.69, 9.17) is 27.8 Å². The number of anilines is 1. The van der Waals surface area contributed by atoms with E-state index in [2.05, 4.69) is 0 Å². The number of nitrogen functional groups attached to an aromatic ring is 1. The van der Waals surface area contributed by atoms with Gasteiger partial charge in [0.1, 0.15) is 12.4 Å². The van der Waals surface area contributed by atoms with Gasteiger partial charge in [0.25, 0.3) is 0 Å². The molecule has 0 fully saturated rings. The minimum Gasteiger partial charge on any atom is -0.487 e. The number of nitrogens with two attached hydrogens (primary N) is 2. The van der Waals surface area contributed by atoms with E-state index in [1.807, 2.05) is 12.1 Å². The van der Waals surface area contributed by atoms with E-state index >= 15 is 0 Å². The van der Waals surface area contributed by atoms with Crippen LogP contribution in [0.4, 0.5) is 5.69 Å². The third-order valence-corrected chi connectivity index (χ3v) is 3.03. The van der Waals surface area contributed by atoms with Gasteiger partial charge in [0.2, 0.25) is 5.91 Å². The Hall–Kier alpha value is -2.46. The van der Waals surface area contributed by atoms with Gasteiger partial charge >= 0.3 is 0 Å². The van der Waals surface area contributed by atoms with Gasteiger partial charge in [0.05, 0.1) is 5.69 Å². The Morgan fingerprint density at radius 1 is 1.19 bits per heavy atom. The number of primary amides is 1. The highest BCUT2D eigenvalue weighted by molar-refractivity contribution is 6.30. The Kier molecular flexibility index (Phi) is 4.85. The van der Waals surface area contributed by atoms with Crippen molar-refractivity contribution in [3.8, 4) is 5.75 Å². The molecule has 0 unspecified atom stereocenters. The van der Waals surface area contributed by atoms with Gasteiger partial charge in [-0.25, -0.2) is 0 Å². The highest BCUT2D eigenvalue weighted by Crippen LogP contribution is 2.24. The summed E-state index contributed by atoms with van der Waals surface area (Å²) in [6, 6.07) is 12.7. The van der Waals surface area contributed by atoms with Crippen LogP contribution in [0.2, 0.25) is 5.02 Å². The summed E-state index contributed by atoms with van der Waals surface area (Å²) in [5.41, 5.74) is 13.2. The lowest BCUT2D eigenvalue weighted by molar-refractivity contribution is -0.113. The van der Waals surface area contributed by atoms with Gasteiger partial charge in [0.15, 0.2) is 0 Å². The Morgan fingerprint density at radius 2 is 1.90 bits per heavy atom. The Morgan fingerprint density at radius 3 is 2.52 bits per heavy atom. The number of rotatable bonds is 5. The first-order chi connectivity index (χ1) is 10.0. The molecule has 0 aliphatic carbocycles. The fourth-order valence-corrected chi connectivity index (χ4v) is 1.85. The number of hydrogen-bond donors (Lipinski definition) is 2. The van der Waals surface area contributed by atoms with Gasteiger partial charge in [0, 0.05) is 11.1 Å². The van der Waals surface area contributed by atoms with Crippen molar-refractivity contribution < 1.29 is 9.53 Å². The van der Waals surface area contributed by atoms with Gasteiger partial charge in [-0.05, 0) is 41.5 Å². The van der Waals surface area contributed by atoms with E-state index in [0.29, 0.717) is 23.1 Å². The molecule has 0 aliphatic rings. The Balaban J connectivity index is 2.04. The lowest BCUT2D eigenvalue weighted by atomic mass is 10.1. The predicted octanol–water partition coefficient (Wildman–Crippen LogP) is 3.00. The van der Waals surface area contributed by atoms with Crippen molar-refractivity contribution in [1.82, 2.24) is 0 Å². The smallest absolute Gasteiger partial charge is 0.241 e. The van der Waals surface area contributed by atoms with Crippen molar-refractivity contribution in [2.75, 3.05) is 5.73 Å². The standard InChI is InChI=1S/C16H15ClN2O2/c17-13-5-1-12(2-6-13)10-21-15-7-3-11(9-14(15)18)4-8-16(19)20/h1-9H,10,18H2,(H2,19,20)/b8-4-. The number of carbonyl (C=O) groups excluding carboxylic acids is 1. The molecular formula is C16H15ClN2O2. The number of ether oxygens (including phenoxy) is 1. The van der Waals surface area contributed by atoms with Crippen LogP contribution in [0.5, 0.6) is 5.75 Å². The van der Waals surface area contributed by atoms with Crippen molar-refractivity contribution in [2.24, 2.45) is 5.73 Å². The monoisotopic (exact) mass is 302 g/mol. The summed E-state index contributed by atoms with van der Waals surface area (Å²) in [7, 11) is 0. The summed E-state index contributed by atoms with van der Waals surface area (Å²) in [5, 5.41) is 0.684. The third kappa shape index (κ3) is 4.54. The highest BCUT2D eigenvalue weighted by Gasteiger charge is 2.02. The fraction of sp³-hybridized carbons (Fsp3) is 0.0625. The van der Waals surface area contributed by atoms with Crippen molar-refractivity contribution in [3.63, 3.8) is 0 Å². The quantitative estimate of drug-likeness (QED) is 0.658. The molecule has 0 saturated heterocycles. The van der Waals surface area contributed by atoms with Crippen molar-refractivity contribution in [1.29, 1.82) is 0 Å². The maximum absolute atomic E-state index is 10.7. The average Bonchev–Trinajstić information content (AvgIpc) is 2.46. The van der Waals surface area contributed by atoms with Gasteiger partial charge in [-0.1, -0.05) is 29.8 Å². The van der Waals surface area contributed by atoms with Crippen LogP contribution in [0.25, 0.3) is 6.08 Å². The van der Waals surface area contributed by atoms with Gasteiger partial charge in [-0.2, -0.15) is 0 Å². The maximum atomic E-state index is 10.7. The van der Waals surface area contributed by atoms with Crippen LogP contribution >= 0.6 is 11.6 Å². The third-order valence-electron chi connectivity index (χ3n) is 2.78. The van der Waals surface area contributed by atoms with Crippen LogP contribution in [-0.4, -0.2) is 5.91 Å². The van der Waals surface area contributed by atoms with Gasteiger partial charge < -0.3 is 16.2 Å². The molecule has 4 N–H and O–H groups in total. The van der Waals surface area contributed by atoms with E-state index in [1.54, 1.807) is 36.4 Å². The molecule has 5 heteroatoms. The van der Waals surface area contributed by atoms with E-state index in [9.17, 15) is 4.79 Å². The summed E-state index contributed by atoms with van der Waals surface area (Å²) < 4.78 is 5.66. The van der Waals surface area contributed by atoms with E-state index in [1.165, 1.54) is 6.08 Å². The summed E-state index contributed by atoms with van der Waals surface area (Å²) in [6.45, 7) is 0.401. The van der Waals surface area contributed by atoms with Crippen LogP contribution in [0, 0.1) is 0 Å². The molecule has 0 aliphatic heterocycles. The molecule has 0 spiro atoms. The molecule has 0 bridgehead atoms. The second-order valence-corrected chi connectivity index (χ2v) is 4.88. The number of carbonyl (C=O) groups is 1. The van der Waals surface area contributed by atoms with Crippen LogP contribution in [0.1, 0.15) is 11.1 Å². The summed E-state index contributed by atoms with van der Waals surface area (Å²) >= 11 is 5.82. The molecule has 0 radical (unpaired) electrons. The molecular weight excluding hydrogens is 288 g/mol. The van der Waals surface area contributed by atoms with Crippen LogP contribution in [0.15, 0.2) is 48.5 Å². The first-order valence-electron chi connectivity index (χ1n) is 6.29. The highest BCUT2D eigenvalue weighted by atomic mass is 35.5. The van der Waals surface area contributed by atoms with Crippen molar-refractivity contribution >= 4 is 29.3 Å². The number of amides is 1. The fourth-order valence-electron chi connectivity index (χ4n) is 1.72. The molecule has 2 aromatic carbocycles. The van der Waals surface area contributed by atoms with E-state index in [0.717, 1.165) is 11.1 Å². The normalized spacial score (nSPS) is 10.7. The lowest BCUT2D eigenvalue weighted by Gasteiger charge is -2.09.